The van der Waals surface area contributed by atoms with Gasteiger partial charge in [0.2, 0.25) is 0 Å². The van der Waals surface area contributed by atoms with Crippen LogP contribution in [0.15, 0.2) is 64.9 Å². The highest BCUT2D eigenvalue weighted by molar-refractivity contribution is 7.91. The number of hydrogen-bond acceptors (Lipinski definition) is 6. The first-order chi connectivity index (χ1) is 15.3. The molecule has 4 rings (SSSR count). The Morgan fingerprint density at radius 2 is 1.62 bits per heavy atom. The highest BCUT2D eigenvalue weighted by Crippen LogP contribution is 2.27. The summed E-state index contributed by atoms with van der Waals surface area (Å²) < 4.78 is 27.9. The molecule has 1 saturated heterocycles. The number of piperazine rings is 1. The van der Waals surface area contributed by atoms with Crippen LogP contribution in [0.2, 0.25) is 5.02 Å². The molecular formula is C22H22ClN3O4S2. The first-order valence-corrected chi connectivity index (χ1v) is 12.6. The van der Waals surface area contributed by atoms with Gasteiger partial charge in [-0.05, 0) is 60.7 Å². The minimum Gasteiger partial charge on any atom is -0.508 e. The lowest BCUT2D eigenvalue weighted by Crippen LogP contribution is -2.48. The third-order valence-corrected chi connectivity index (χ3v) is 8.92. The number of sulfonamides is 1. The van der Waals surface area contributed by atoms with E-state index >= 15 is 0 Å². The third-order valence-electron chi connectivity index (χ3n) is 5.21. The van der Waals surface area contributed by atoms with E-state index < -0.39 is 10.0 Å². The van der Waals surface area contributed by atoms with Crippen molar-refractivity contribution >= 4 is 44.6 Å². The molecule has 2 N–H and O–H groups in total. The van der Waals surface area contributed by atoms with Crippen molar-refractivity contribution in [2.45, 2.75) is 10.8 Å². The molecule has 10 heteroatoms. The highest BCUT2D eigenvalue weighted by Gasteiger charge is 2.29. The van der Waals surface area contributed by atoms with E-state index in [0.29, 0.717) is 36.8 Å². The molecule has 0 saturated carbocycles. The molecule has 2 heterocycles. The van der Waals surface area contributed by atoms with E-state index in [1.807, 2.05) is 12.1 Å². The topological polar surface area (TPSA) is 90.0 Å². The predicted octanol–water partition coefficient (Wildman–Crippen LogP) is 3.55. The molecule has 1 aromatic heterocycles. The average Bonchev–Trinajstić information content (AvgIpc) is 3.29. The number of anilines is 1. The number of amides is 1. The molecule has 2 aromatic carbocycles. The zero-order valence-electron chi connectivity index (χ0n) is 17.1. The van der Waals surface area contributed by atoms with Crippen LogP contribution in [0.5, 0.6) is 5.75 Å². The first kappa shape index (κ1) is 22.6. The van der Waals surface area contributed by atoms with Crippen molar-refractivity contribution < 1.29 is 18.3 Å². The van der Waals surface area contributed by atoms with E-state index in [9.17, 15) is 18.3 Å². The quantitative estimate of drug-likeness (QED) is 0.550. The van der Waals surface area contributed by atoms with Crippen LogP contribution in [0, 0.1) is 0 Å². The molecule has 0 bridgehead atoms. The van der Waals surface area contributed by atoms with Crippen LogP contribution >= 0.6 is 22.9 Å². The first-order valence-electron chi connectivity index (χ1n) is 9.99. The van der Waals surface area contributed by atoms with Crippen LogP contribution in [0.3, 0.4) is 0 Å². The molecule has 3 aromatic rings. The van der Waals surface area contributed by atoms with Crippen LogP contribution in [0.4, 0.5) is 5.69 Å². The van der Waals surface area contributed by atoms with Gasteiger partial charge in [0.25, 0.3) is 15.9 Å². The summed E-state index contributed by atoms with van der Waals surface area (Å²) in [7, 11) is -3.59. The summed E-state index contributed by atoms with van der Waals surface area (Å²) >= 11 is 7.01. The van der Waals surface area contributed by atoms with Gasteiger partial charge in [-0.25, -0.2) is 8.42 Å². The molecule has 0 atom stereocenters. The second kappa shape index (κ2) is 9.50. The molecule has 0 unspecified atom stereocenters. The molecule has 7 nitrogen and oxygen atoms in total. The van der Waals surface area contributed by atoms with E-state index in [2.05, 4.69) is 10.2 Å². The number of aromatic hydroxyl groups is 1. The molecule has 1 amide bonds. The maximum Gasteiger partial charge on any atom is 0.252 e. The van der Waals surface area contributed by atoms with Crippen LogP contribution < -0.4 is 10.2 Å². The third kappa shape index (κ3) is 5.07. The zero-order chi connectivity index (χ0) is 22.7. The van der Waals surface area contributed by atoms with E-state index in [0.717, 1.165) is 10.6 Å². The lowest BCUT2D eigenvalue weighted by Gasteiger charge is -2.35. The van der Waals surface area contributed by atoms with Crippen molar-refractivity contribution in [3.05, 3.63) is 76.1 Å². The zero-order valence-corrected chi connectivity index (χ0v) is 19.5. The maximum absolute atomic E-state index is 13.1. The van der Waals surface area contributed by atoms with Crippen molar-refractivity contribution in [1.82, 2.24) is 9.62 Å². The number of carbonyl (C=O) groups excluding carboxylic acids is 1. The second-order valence-electron chi connectivity index (χ2n) is 7.32. The largest absolute Gasteiger partial charge is 0.508 e. The molecule has 1 aliphatic rings. The number of phenolic OH excluding ortho intramolecular Hbond substituents is 1. The van der Waals surface area contributed by atoms with Crippen LogP contribution in [0.25, 0.3) is 0 Å². The van der Waals surface area contributed by atoms with Gasteiger partial charge >= 0.3 is 0 Å². The Labute approximate surface area is 195 Å². The molecule has 32 heavy (non-hydrogen) atoms. The fraction of sp³-hybridized carbons (Fsp3) is 0.227. The number of nitrogens with zero attached hydrogens (tertiary/aromatic N) is 2. The van der Waals surface area contributed by atoms with Gasteiger partial charge in [-0.2, -0.15) is 4.31 Å². The summed E-state index contributed by atoms with van der Waals surface area (Å²) in [4.78, 5) is 15.1. The van der Waals surface area contributed by atoms with E-state index in [-0.39, 0.29) is 22.4 Å². The molecule has 0 aliphatic carbocycles. The molecule has 0 radical (unpaired) electrons. The van der Waals surface area contributed by atoms with E-state index in [1.165, 1.54) is 15.6 Å². The Morgan fingerprint density at radius 3 is 2.28 bits per heavy atom. The average molecular weight is 492 g/mol. The minimum atomic E-state index is -3.59. The van der Waals surface area contributed by atoms with Crippen molar-refractivity contribution in [2.24, 2.45) is 0 Å². The van der Waals surface area contributed by atoms with Gasteiger partial charge < -0.3 is 15.3 Å². The lowest BCUT2D eigenvalue weighted by molar-refractivity contribution is 0.0951. The Kier molecular flexibility index (Phi) is 6.71. The Morgan fingerprint density at radius 1 is 0.969 bits per heavy atom. The summed E-state index contributed by atoms with van der Waals surface area (Å²) in [6.07, 6.45) is 0. The fourth-order valence-corrected chi connectivity index (χ4v) is 6.44. The van der Waals surface area contributed by atoms with Crippen molar-refractivity contribution in [2.75, 3.05) is 31.1 Å². The number of nitrogens with one attached hydrogen (secondary N) is 1. The summed E-state index contributed by atoms with van der Waals surface area (Å²) in [5.41, 5.74) is 1.44. The van der Waals surface area contributed by atoms with Gasteiger partial charge in [0.15, 0.2) is 0 Å². The maximum atomic E-state index is 13.1. The van der Waals surface area contributed by atoms with Crippen molar-refractivity contribution in [1.29, 1.82) is 0 Å². The Balaban J connectivity index is 1.35. The van der Waals surface area contributed by atoms with E-state index in [4.69, 9.17) is 11.6 Å². The van der Waals surface area contributed by atoms with Crippen LogP contribution in [-0.2, 0) is 16.6 Å². The predicted molar refractivity (Wildman–Crippen MR) is 126 cm³/mol. The number of carbonyl (C=O) groups is 1. The highest BCUT2D eigenvalue weighted by atomic mass is 35.5. The van der Waals surface area contributed by atoms with Crippen LogP contribution in [-0.4, -0.2) is 49.9 Å². The van der Waals surface area contributed by atoms with Gasteiger partial charge in [-0.1, -0.05) is 11.6 Å². The number of hydrogen-bond donors (Lipinski definition) is 2. The Hall–Kier alpha value is -2.59. The summed E-state index contributed by atoms with van der Waals surface area (Å²) in [5.74, 6) is -0.0438. The second-order valence-corrected chi connectivity index (χ2v) is 11.1. The number of benzene rings is 2. The lowest BCUT2D eigenvalue weighted by atomic mass is 10.2. The summed E-state index contributed by atoms with van der Waals surface area (Å²) in [6, 6.07) is 16.8. The Bertz CT molecular complexity index is 1190. The van der Waals surface area contributed by atoms with Crippen LogP contribution in [0.1, 0.15) is 15.2 Å². The number of halogens is 1. The van der Waals surface area contributed by atoms with Gasteiger partial charge in [0.1, 0.15) is 9.96 Å². The molecule has 0 spiro atoms. The number of rotatable bonds is 6. The van der Waals surface area contributed by atoms with Crippen molar-refractivity contribution in [3.63, 3.8) is 0 Å². The molecular weight excluding hydrogens is 470 g/mol. The standard InChI is InChI=1S/C22H22ClN3O4S2/c23-17-3-1-16(2-4-17)22(28)24-15-20-9-10-21(31-20)32(29,30)26-13-11-25(12-14-26)18-5-7-19(27)8-6-18/h1-10,27H,11-15H2,(H,24,28). The smallest absolute Gasteiger partial charge is 0.252 e. The van der Waals surface area contributed by atoms with Gasteiger partial charge in [0.05, 0.1) is 6.54 Å². The minimum absolute atomic E-state index is 0.202. The fourth-order valence-electron chi connectivity index (χ4n) is 3.44. The van der Waals surface area contributed by atoms with Gasteiger partial charge in [-0.3, -0.25) is 4.79 Å². The van der Waals surface area contributed by atoms with Crippen molar-refractivity contribution in [3.8, 4) is 5.75 Å². The monoisotopic (exact) mass is 491 g/mol. The molecule has 1 aliphatic heterocycles. The molecule has 1 fully saturated rings. The van der Waals surface area contributed by atoms with E-state index in [1.54, 1.807) is 48.5 Å². The summed E-state index contributed by atoms with van der Waals surface area (Å²) in [5, 5.41) is 12.8. The SMILES string of the molecule is O=C(NCc1ccc(S(=O)(=O)N2CCN(c3ccc(O)cc3)CC2)s1)c1ccc(Cl)cc1. The summed E-state index contributed by atoms with van der Waals surface area (Å²) in [6.45, 7) is 2.14. The number of thiophene rings is 1. The van der Waals surface area contributed by atoms with Gasteiger partial charge in [0, 0.05) is 47.3 Å². The molecule has 168 valence electrons. The normalized spacial score (nSPS) is 15.0. The number of phenols is 1. The van der Waals surface area contributed by atoms with Gasteiger partial charge in [-0.15, -0.1) is 11.3 Å².